The fourth-order valence-corrected chi connectivity index (χ4v) is 3.01. The topological polar surface area (TPSA) is 110 Å². The molecule has 0 atom stereocenters. The summed E-state index contributed by atoms with van der Waals surface area (Å²) < 4.78 is 31.3. The number of benzene rings is 2. The fraction of sp³-hybridized carbons (Fsp3) is 0.333. The van der Waals surface area contributed by atoms with Crippen molar-refractivity contribution < 1.29 is 43.1 Å². The molecule has 0 spiro atoms. The monoisotopic (exact) mass is 420 g/mol. The van der Waals surface area contributed by atoms with E-state index in [0.29, 0.717) is 11.5 Å². The molecule has 2 aromatic carbocycles. The van der Waals surface area contributed by atoms with Crippen LogP contribution >= 0.6 is 0 Å². The second kappa shape index (κ2) is 9.73. The number of methoxy groups -OCH3 is 6. The maximum atomic E-state index is 13.0. The highest BCUT2D eigenvalue weighted by molar-refractivity contribution is 6.16. The number of rotatable bonds is 10. The number of phenolic OH excluding ortho intramolecular Hbond substituents is 1. The smallest absolute Gasteiger partial charge is 0.211 e. The molecule has 1 N–H and O–H groups in total. The first-order chi connectivity index (χ1) is 14.4. The van der Waals surface area contributed by atoms with E-state index in [9.17, 15) is 14.7 Å². The summed E-state index contributed by atoms with van der Waals surface area (Å²) in [5.74, 6) is -0.978. The van der Waals surface area contributed by atoms with Crippen molar-refractivity contribution in [2.45, 2.75) is 6.42 Å². The predicted molar refractivity (Wildman–Crippen MR) is 107 cm³/mol. The second-order valence-corrected chi connectivity index (χ2v) is 5.95. The lowest BCUT2D eigenvalue weighted by Gasteiger charge is -2.19. The number of ketones is 2. The molecule has 0 bridgehead atoms. The van der Waals surface area contributed by atoms with Gasteiger partial charge < -0.3 is 33.5 Å². The zero-order valence-electron chi connectivity index (χ0n) is 17.7. The van der Waals surface area contributed by atoms with Crippen molar-refractivity contribution in [2.75, 3.05) is 42.7 Å². The quantitative estimate of drug-likeness (QED) is 0.458. The highest BCUT2D eigenvalue weighted by Gasteiger charge is 2.32. The fourth-order valence-electron chi connectivity index (χ4n) is 3.01. The SMILES string of the molecule is COc1ccc(C(=O)CC(=O)c2c(O)c(OC)c(OC)c(OC)c2OC)cc1OC. The first-order valence-electron chi connectivity index (χ1n) is 8.75. The zero-order valence-corrected chi connectivity index (χ0v) is 17.7. The first-order valence-corrected chi connectivity index (χ1v) is 8.75. The standard InChI is InChI=1S/C21H24O9/c1-25-14-8-7-11(9-15(14)26-2)12(22)10-13(23)16-17(24)19(28-4)21(30-6)20(29-5)18(16)27-3/h7-9,24H,10H2,1-6H3. The van der Waals surface area contributed by atoms with E-state index in [4.69, 9.17) is 28.4 Å². The number of phenols is 1. The van der Waals surface area contributed by atoms with Crippen molar-refractivity contribution >= 4 is 11.6 Å². The largest absolute Gasteiger partial charge is 0.504 e. The molecular formula is C21H24O9. The number of carbonyl (C=O) groups excluding carboxylic acids is 2. The molecule has 2 aromatic rings. The molecule has 0 heterocycles. The van der Waals surface area contributed by atoms with Crippen molar-refractivity contribution in [3.63, 3.8) is 0 Å². The Morgan fingerprint density at radius 3 is 1.73 bits per heavy atom. The number of Topliss-reactive ketones (excluding diaryl/α,β-unsaturated/α-hetero) is 2. The summed E-state index contributed by atoms with van der Waals surface area (Å²) in [6, 6.07) is 4.55. The molecule has 0 saturated carbocycles. The highest BCUT2D eigenvalue weighted by atomic mass is 16.5. The number of hydrogen-bond donors (Lipinski definition) is 1. The molecule has 0 aromatic heterocycles. The lowest BCUT2D eigenvalue weighted by atomic mass is 9.98. The number of hydrogen-bond acceptors (Lipinski definition) is 9. The van der Waals surface area contributed by atoms with Crippen LogP contribution in [0.1, 0.15) is 27.1 Å². The Morgan fingerprint density at radius 1 is 0.700 bits per heavy atom. The van der Waals surface area contributed by atoms with Crippen LogP contribution in [0.15, 0.2) is 18.2 Å². The van der Waals surface area contributed by atoms with Crippen molar-refractivity contribution in [1.82, 2.24) is 0 Å². The van der Waals surface area contributed by atoms with Crippen LogP contribution in [0.3, 0.4) is 0 Å². The molecule has 9 nitrogen and oxygen atoms in total. The van der Waals surface area contributed by atoms with Gasteiger partial charge in [-0.05, 0) is 18.2 Å². The Balaban J connectivity index is 2.49. The molecule has 30 heavy (non-hydrogen) atoms. The Kier molecular flexibility index (Phi) is 7.35. The van der Waals surface area contributed by atoms with E-state index in [1.165, 1.54) is 54.8 Å². The molecule has 9 heteroatoms. The van der Waals surface area contributed by atoms with E-state index in [1.807, 2.05) is 0 Å². The number of carbonyl (C=O) groups is 2. The maximum Gasteiger partial charge on any atom is 0.211 e. The van der Waals surface area contributed by atoms with Crippen LogP contribution in [0.2, 0.25) is 0 Å². The summed E-state index contributed by atoms with van der Waals surface area (Å²) in [7, 11) is 8.21. The minimum atomic E-state index is -0.691. The third-order valence-corrected chi connectivity index (χ3v) is 4.42. The minimum Gasteiger partial charge on any atom is -0.504 e. The third kappa shape index (κ3) is 4.05. The Bertz CT molecular complexity index is 950. The summed E-state index contributed by atoms with van der Waals surface area (Å²) in [6.07, 6.45) is -0.544. The van der Waals surface area contributed by atoms with E-state index in [1.54, 1.807) is 6.07 Å². The summed E-state index contributed by atoms with van der Waals surface area (Å²) >= 11 is 0. The first kappa shape index (κ1) is 22.7. The Labute approximate surface area is 174 Å². The predicted octanol–water partition coefficient (Wildman–Crippen LogP) is 2.90. The average Bonchev–Trinajstić information content (AvgIpc) is 2.76. The van der Waals surface area contributed by atoms with Gasteiger partial charge in [0.15, 0.2) is 34.6 Å². The van der Waals surface area contributed by atoms with Crippen LogP contribution < -0.4 is 28.4 Å². The highest BCUT2D eigenvalue weighted by Crippen LogP contribution is 2.53. The second-order valence-electron chi connectivity index (χ2n) is 5.95. The maximum absolute atomic E-state index is 13.0. The Morgan fingerprint density at radius 2 is 1.23 bits per heavy atom. The van der Waals surface area contributed by atoms with Crippen LogP contribution in [-0.2, 0) is 0 Å². The van der Waals surface area contributed by atoms with Gasteiger partial charge in [0.05, 0.1) is 49.1 Å². The lowest BCUT2D eigenvalue weighted by Crippen LogP contribution is -2.12. The van der Waals surface area contributed by atoms with Crippen molar-refractivity contribution in [1.29, 1.82) is 0 Å². The van der Waals surface area contributed by atoms with Crippen LogP contribution in [0.4, 0.5) is 0 Å². The van der Waals surface area contributed by atoms with Gasteiger partial charge in [0.1, 0.15) is 5.56 Å². The van der Waals surface area contributed by atoms with E-state index < -0.39 is 23.7 Å². The molecule has 0 radical (unpaired) electrons. The normalized spacial score (nSPS) is 10.2. The summed E-state index contributed by atoms with van der Waals surface area (Å²) in [6.45, 7) is 0. The van der Waals surface area contributed by atoms with Crippen molar-refractivity contribution in [3.8, 4) is 40.2 Å². The van der Waals surface area contributed by atoms with Crippen LogP contribution in [0, 0.1) is 0 Å². The van der Waals surface area contributed by atoms with Crippen molar-refractivity contribution in [2.24, 2.45) is 0 Å². The number of ether oxygens (including phenoxy) is 6. The molecule has 0 saturated heterocycles. The zero-order chi connectivity index (χ0) is 22.4. The van der Waals surface area contributed by atoms with Gasteiger partial charge in [0.25, 0.3) is 0 Å². The van der Waals surface area contributed by atoms with Crippen LogP contribution in [0.5, 0.6) is 40.2 Å². The molecule has 2 rings (SSSR count). The molecular weight excluding hydrogens is 396 g/mol. The van der Waals surface area contributed by atoms with Gasteiger partial charge in [-0.3, -0.25) is 9.59 Å². The van der Waals surface area contributed by atoms with Gasteiger partial charge in [0.2, 0.25) is 17.2 Å². The molecule has 0 aliphatic heterocycles. The third-order valence-electron chi connectivity index (χ3n) is 4.42. The van der Waals surface area contributed by atoms with E-state index in [2.05, 4.69) is 0 Å². The van der Waals surface area contributed by atoms with Gasteiger partial charge in [0, 0.05) is 5.56 Å². The Hall–Kier alpha value is -3.62. The molecule has 0 fully saturated rings. The van der Waals surface area contributed by atoms with E-state index in [-0.39, 0.29) is 34.1 Å². The van der Waals surface area contributed by atoms with Gasteiger partial charge in [-0.25, -0.2) is 0 Å². The average molecular weight is 420 g/mol. The molecule has 0 unspecified atom stereocenters. The molecule has 0 aliphatic rings. The lowest BCUT2D eigenvalue weighted by molar-refractivity contribution is 0.0890. The van der Waals surface area contributed by atoms with Gasteiger partial charge in [-0.1, -0.05) is 0 Å². The summed E-state index contributed by atoms with van der Waals surface area (Å²) in [5.41, 5.74) is -0.00674. The molecule has 0 aliphatic carbocycles. The van der Waals surface area contributed by atoms with E-state index in [0.717, 1.165) is 0 Å². The molecule has 162 valence electrons. The minimum absolute atomic E-state index is 0.0524. The van der Waals surface area contributed by atoms with Crippen LogP contribution in [-0.4, -0.2) is 59.3 Å². The molecule has 0 amide bonds. The van der Waals surface area contributed by atoms with E-state index >= 15 is 0 Å². The van der Waals surface area contributed by atoms with Gasteiger partial charge in [-0.15, -0.1) is 0 Å². The van der Waals surface area contributed by atoms with Gasteiger partial charge in [-0.2, -0.15) is 0 Å². The summed E-state index contributed by atoms with van der Waals surface area (Å²) in [5, 5.41) is 10.6. The summed E-state index contributed by atoms with van der Waals surface area (Å²) in [4.78, 5) is 25.7. The van der Waals surface area contributed by atoms with Crippen LogP contribution in [0.25, 0.3) is 0 Å². The van der Waals surface area contributed by atoms with Gasteiger partial charge >= 0.3 is 0 Å². The van der Waals surface area contributed by atoms with Crippen molar-refractivity contribution in [3.05, 3.63) is 29.3 Å². The number of aromatic hydroxyl groups is 1.